The van der Waals surface area contributed by atoms with Gasteiger partial charge in [-0.05, 0) is 5.41 Å². The predicted octanol–water partition coefficient (Wildman–Crippen LogP) is 1.95. The molecule has 1 N–H and O–H groups in total. The first-order valence-electron chi connectivity index (χ1n) is 3.88. The van der Waals surface area contributed by atoms with Crippen molar-refractivity contribution in [1.29, 1.82) is 0 Å². The third kappa shape index (κ3) is 1.79. The van der Waals surface area contributed by atoms with Gasteiger partial charge in [0.05, 0.1) is 0 Å². The minimum atomic E-state index is 0.250. The van der Waals surface area contributed by atoms with Gasteiger partial charge in [0, 0.05) is 5.92 Å². The number of nitrogens with zero attached hydrogens (tertiary/aromatic N) is 2. The molecule has 1 heterocycles. The Bertz CT molecular complexity index is 208. The highest BCUT2D eigenvalue weighted by atomic mass is 15.2. The summed E-state index contributed by atoms with van der Waals surface area (Å²) < 4.78 is 0. The van der Waals surface area contributed by atoms with E-state index in [-0.39, 0.29) is 5.41 Å². The van der Waals surface area contributed by atoms with Gasteiger partial charge in [-0.3, -0.25) is 0 Å². The Labute approximate surface area is 67.2 Å². The molecular weight excluding hydrogens is 138 g/mol. The molecule has 1 aromatic rings. The van der Waals surface area contributed by atoms with Crippen molar-refractivity contribution in [2.45, 2.75) is 33.6 Å². The molecule has 1 aromatic heterocycles. The molecule has 3 heteroatoms. The van der Waals surface area contributed by atoms with Crippen molar-refractivity contribution in [1.82, 2.24) is 15.2 Å². The second-order valence-corrected chi connectivity index (χ2v) is 3.96. The maximum absolute atomic E-state index is 3.98. The summed E-state index contributed by atoms with van der Waals surface area (Å²) in [6.07, 6.45) is 1.62. The normalized spacial score (nSPS) is 14.9. The van der Waals surface area contributed by atoms with Crippen molar-refractivity contribution in [2.24, 2.45) is 5.41 Å². The molecule has 1 rings (SSSR count). The lowest BCUT2D eigenvalue weighted by molar-refractivity contribution is 0.328. The minimum absolute atomic E-state index is 0.250. The van der Waals surface area contributed by atoms with Gasteiger partial charge in [0.2, 0.25) is 0 Å². The zero-order chi connectivity index (χ0) is 8.48. The molecule has 1 atom stereocenters. The van der Waals surface area contributed by atoms with Gasteiger partial charge in [-0.15, -0.1) is 10.2 Å². The first kappa shape index (κ1) is 8.24. The SMILES string of the molecule is CC(c1nnc[nH]1)C(C)(C)C. The Morgan fingerprint density at radius 2 is 2.09 bits per heavy atom. The van der Waals surface area contributed by atoms with Crippen molar-refractivity contribution >= 4 is 0 Å². The molecule has 11 heavy (non-hydrogen) atoms. The maximum atomic E-state index is 3.98. The number of rotatable bonds is 1. The van der Waals surface area contributed by atoms with E-state index in [2.05, 4.69) is 42.9 Å². The highest BCUT2D eigenvalue weighted by Gasteiger charge is 2.23. The Hall–Kier alpha value is -0.860. The Morgan fingerprint density at radius 1 is 1.45 bits per heavy atom. The molecule has 0 saturated carbocycles. The van der Waals surface area contributed by atoms with Gasteiger partial charge in [0.25, 0.3) is 0 Å². The molecule has 1 unspecified atom stereocenters. The lowest BCUT2D eigenvalue weighted by atomic mass is 9.82. The fourth-order valence-corrected chi connectivity index (χ4v) is 0.837. The smallest absolute Gasteiger partial charge is 0.133 e. The molecule has 0 aromatic carbocycles. The Kier molecular flexibility index (Phi) is 1.98. The van der Waals surface area contributed by atoms with Crippen LogP contribution in [-0.4, -0.2) is 15.2 Å². The molecule has 0 fully saturated rings. The zero-order valence-electron chi connectivity index (χ0n) is 7.55. The third-order valence-electron chi connectivity index (χ3n) is 2.14. The number of H-pyrrole nitrogens is 1. The van der Waals surface area contributed by atoms with E-state index in [1.54, 1.807) is 6.33 Å². The number of aromatic nitrogens is 3. The Balaban J connectivity index is 2.78. The van der Waals surface area contributed by atoms with Crippen LogP contribution in [0.15, 0.2) is 6.33 Å². The van der Waals surface area contributed by atoms with E-state index >= 15 is 0 Å². The van der Waals surface area contributed by atoms with E-state index in [1.807, 2.05) is 0 Å². The Morgan fingerprint density at radius 3 is 2.45 bits per heavy atom. The summed E-state index contributed by atoms with van der Waals surface area (Å²) in [4.78, 5) is 3.02. The van der Waals surface area contributed by atoms with Crippen LogP contribution in [0.25, 0.3) is 0 Å². The van der Waals surface area contributed by atoms with E-state index in [4.69, 9.17) is 0 Å². The van der Waals surface area contributed by atoms with Gasteiger partial charge in [0.1, 0.15) is 12.2 Å². The van der Waals surface area contributed by atoms with E-state index in [0.717, 1.165) is 5.82 Å². The topological polar surface area (TPSA) is 41.6 Å². The second-order valence-electron chi connectivity index (χ2n) is 3.96. The number of nitrogens with one attached hydrogen (secondary N) is 1. The lowest BCUT2D eigenvalue weighted by Gasteiger charge is -2.24. The van der Waals surface area contributed by atoms with Crippen molar-refractivity contribution in [3.63, 3.8) is 0 Å². The molecule has 3 nitrogen and oxygen atoms in total. The van der Waals surface area contributed by atoms with E-state index in [9.17, 15) is 0 Å². The van der Waals surface area contributed by atoms with Crippen molar-refractivity contribution in [3.8, 4) is 0 Å². The minimum Gasteiger partial charge on any atom is -0.331 e. The van der Waals surface area contributed by atoms with E-state index in [0.29, 0.717) is 5.92 Å². The molecule has 0 spiro atoms. The van der Waals surface area contributed by atoms with Crippen LogP contribution >= 0.6 is 0 Å². The van der Waals surface area contributed by atoms with Crippen LogP contribution in [0, 0.1) is 5.41 Å². The van der Waals surface area contributed by atoms with E-state index < -0.39 is 0 Å². The van der Waals surface area contributed by atoms with Crippen LogP contribution in [0.4, 0.5) is 0 Å². The third-order valence-corrected chi connectivity index (χ3v) is 2.14. The molecule has 62 valence electrons. The monoisotopic (exact) mass is 153 g/mol. The fraction of sp³-hybridized carbons (Fsp3) is 0.750. The fourth-order valence-electron chi connectivity index (χ4n) is 0.837. The standard InChI is InChI=1S/C8H15N3/c1-6(8(2,3)4)7-9-5-10-11-7/h5-6H,1-4H3,(H,9,10,11). The number of hydrogen-bond acceptors (Lipinski definition) is 2. The number of hydrogen-bond donors (Lipinski definition) is 1. The van der Waals surface area contributed by atoms with Gasteiger partial charge in [-0.2, -0.15) is 0 Å². The quantitative estimate of drug-likeness (QED) is 0.670. The summed E-state index contributed by atoms with van der Waals surface area (Å²) in [6, 6.07) is 0. The summed E-state index contributed by atoms with van der Waals surface area (Å²) in [7, 11) is 0. The lowest BCUT2D eigenvalue weighted by Crippen LogP contribution is -2.16. The first-order valence-corrected chi connectivity index (χ1v) is 3.88. The van der Waals surface area contributed by atoms with Crippen LogP contribution < -0.4 is 0 Å². The van der Waals surface area contributed by atoms with Crippen LogP contribution in [0.3, 0.4) is 0 Å². The highest BCUT2D eigenvalue weighted by Crippen LogP contribution is 2.31. The summed E-state index contributed by atoms with van der Waals surface area (Å²) in [5.41, 5.74) is 0.250. The predicted molar refractivity (Wildman–Crippen MR) is 44.3 cm³/mol. The molecule has 0 radical (unpaired) electrons. The summed E-state index contributed by atoms with van der Waals surface area (Å²) in [6.45, 7) is 8.74. The summed E-state index contributed by atoms with van der Waals surface area (Å²) in [5.74, 6) is 1.39. The molecule has 0 amide bonds. The van der Waals surface area contributed by atoms with Gasteiger partial charge in [0.15, 0.2) is 0 Å². The van der Waals surface area contributed by atoms with Gasteiger partial charge in [-0.25, -0.2) is 0 Å². The van der Waals surface area contributed by atoms with Gasteiger partial charge >= 0.3 is 0 Å². The van der Waals surface area contributed by atoms with Crippen LogP contribution in [0.1, 0.15) is 39.4 Å². The van der Waals surface area contributed by atoms with Crippen LogP contribution in [0.2, 0.25) is 0 Å². The number of aromatic amines is 1. The van der Waals surface area contributed by atoms with Crippen molar-refractivity contribution in [3.05, 3.63) is 12.2 Å². The second kappa shape index (κ2) is 2.64. The van der Waals surface area contributed by atoms with Crippen LogP contribution in [0.5, 0.6) is 0 Å². The van der Waals surface area contributed by atoms with Gasteiger partial charge in [-0.1, -0.05) is 27.7 Å². The average Bonchev–Trinajstić information content (AvgIpc) is 2.34. The molecule has 0 aliphatic rings. The molecule has 0 bridgehead atoms. The summed E-state index contributed by atoms with van der Waals surface area (Å²) >= 11 is 0. The molecule has 0 aliphatic carbocycles. The van der Waals surface area contributed by atoms with Crippen molar-refractivity contribution in [2.75, 3.05) is 0 Å². The van der Waals surface area contributed by atoms with E-state index in [1.165, 1.54) is 0 Å². The maximum Gasteiger partial charge on any atom is 0.133 e. The summed E-state index contributed by atoms with van der Waals surface area (Å²) in [5, 5.41) is 7.73. The largest absolute Gasteiger partial charge is 0.331 e. The first-order chi connectivity index (χ1) is 5.02. The molecule has 0 saturated heterocycles. The highest BCUT2D eigenvalue weighted by molar-refractivity contribution is 4.96. The van der Waals surface area contributed by atoms with Crippen LogP contribution in [-0.2, 0) is 0 Å². The van der Waals surface area contributed by atoms with Gasteiger partial charge < -0.3 is 4.98 Å². The van der Waals surface area contributed by atoms with Crippen molar-refractivity contribution < 1.29 is 0 Å². The average molecular weight is 153 g/mol. The zero-order valence-corrected chi connectivity index (χ0v) is 7.55. The molecular formula is C8H15N3. The molecule has 0 aliphatic heterocycles.